The predicted molar refractivity (Wildman–Crippen MR) is 136 cm³/mol. The van der Waals surface area contributed by atoms with Gasteiger partial charge in [0.05, 0.1) is 0 Å². The van der Waals surface area contributed by atoms with Gasteiger partial charge in [-0.1, -0.05) is 63.8 Å². The first-order valence-corrected chi connectivity index (χ1v) is 10.7. The Morgan fingerprint density at radius 2 is 1.12 bits per heavy atom. The Kier molecular flexibility index (Phi) is 14.5. The van der Waals surface area contributed by atoms with E-state index in [9.17, 15) is 9.59 Å². The van der Waals surface area contributed by atoms with E-state index in [0.29, 0.717) is 13.2 Å². The summed E-state index contributed by atoms with van der Waals surface area (Å²) in [4.78, 5) is 21.5. The van der Waals surface area contributed by atoms with Gasteiger partial charge in [-0.15, -0.1) is 0 Å². The van der Waals surface area contributed by atoms with Crippen LogP contribution < -0.4 is 9.47 Å². The number of esters is 2. The molecule has 2 aromatic rings. The van der Waals surface area contributed by atoms with Gasteiger partial charge in [0.15, 0.2) is 0 Å². The van der Waals surface area contributed by atoms with Crippen LogP contribution in [-0.4, -0.2) is 38.4 Å². The molecule has 0 saturated carbocycles. The molecule has 34 heavy (non-hydrogen) atoms. The maximum atomic E-state index is 10.8. The maximum Gasteiger partial charge on any atom is 0.330 e. The zero-order valence-electron chi connectivity index (χ0n) is 21.0. The van der Waals surface area contributed by atoms with Crippen molar-refractivity contribution in [3.8, 4) is 11.5 Å². The van der Waals surface area contributed by atoms with Crippen LogP contribution in [0.2, 0.25) is 0 Å². The van der Waals surface area contributed by atoms with Crippen molar-refractivity contribution in [1.82, 2.24) is 0 Å². The second-order valence-electron chi connectivity index (χ2n) is 8.03. The third-order valence-corrected chi connectivity index (χ3v) is 4.27. The van der Waals surface area contributed by atoms with Crippen molar-refractivity contribution >= 4 is 11.9 Å². The Bertz CT molecular complexity index is 877. The van der Waals surface area contributed by atoms with Crippen molar-refractivity contribution in [2.75, 3.05) is 26.4 Å². The summed E-state index contributed by atoms with van der Waals surface area (Å²) < 4.78 is 20.4. The first-order valence-electron chi connectivity index (χ1n) is 10.7. The van der Waals surface area contributed by atoms with Crippen LogP contribution in [0.5, 0.6) is 11.5 Å². The molecular weight excluding hydrogens is 432 g/mol. The van der Waals surface area contributed by atoms with Crippen molar-refractivity contribution in [1.29, 1.82) is 0 Å². The third-order valence-electron chi connectivity index (χ3n) is 4.27. The fourth-order valence-electron chi connectivity index (χ4n) is 2.41. The van der Waals surface area contributed by atoms with Crippen LogP contribution in [0, 0.1) is 14.4 Å². The van der Waals surface area contributed by atoms with E-state index in [2.05, 4.69) is 33.9 Å². The summed E-state index contributed by atoms with van der Waals surface area (Å²) >= 11 is 0. The maximum absolute atomic E-state index is 10.8. The lowest BCUT2D eigenvalue weighted by Crippen LogP contribution is -2.12. The molecule has 6 nitrogen and oxygen atoms in total. The topological polar surface area (TPSA) is 71.1 Å². The molecule has 0 bridgehead atoms. The number of benzene rings is 2. The van der Waals surface area contributed by atoms with Crippen molar-refractivity contribution in [2.45, 2.75) is 33.1 Å². The number of carbonyl (C=O) groups excluding carboxylic acids is 2. The summed E-state index contributed by atoms with van der Waals surface area (Å²) in [6.45, 7) is 16.3. The standard InChI is InChI=1S/C15H20O3.C12H14O3.CH3/c1-5-14(16)18-11-10-17-13-8-6-12(7-9-13)15(2,3)4;1-3-12(13)15-9-8-14-11-6-4-10(2)5-7-11;/h5-9H,1,10-11H2,2-4H3;3-7H,1,8-9H2,2H3;1H3/q;;-1. The minimum absolute atomic E-state index is 0. The Hall–Kier alpha value is -3.54. The summed E-state index contributed by atoms with van der Waals surface area (Å²) in [5, 5.41) is 0. The van der Waals surface area contributed by atoms with Gasteiger partial charge in [0.2, 0.25) is 0 Å². The average molecular weight is 470 g/mol. The number of aryl methyl sites for hydroxylation is 1. The van der Waals surface area contributed by atoms with Crippen molar-refractivity contribution < 1.29 is 28.5 Å². The van der Waals surface area contributed by atoms with Gasteiger partial charge in [0, 0.05) is 12.2 Å². The van der Waals surface area contributed by atoms with Crippen LogP contribution in [0.15, 0.2) is 73.8 Å². The van der Waals surface area contributed by atoms with Gasteiger partial charge in [-0.3, -0.25) is 0 Å². The van der Waals surface area contributed by atoms with Crippen LogP contribution in [-0.2, 0) is 24.5 Å². The van der Waals surface area contributed by atoms with Crippen molar-refractivity contribution in [3.63, 3.8) is 0 Å². The average Bonchev–Trinajstić information content (AvgIpc) is 2.80. The van der Waals surface area contributed by atoms with Gasteiger partial charge in [0.25, 0.3) is 0 Å². The van der Waals surface area contributed by atoms with Crippen LogP contribution in [0.1, 0.15) is 31.9 Å². The van der Waals surface area contributed by atoms with Gasteiger partial charge in [-0.25, -0.2) is 9.59 Å². The third kappa shape index (κ3) is 13.1. The molecule has 2 aromatic carbocycles. The largest absolute Gasteiger partial charge is 0.490 e. The Labute approximate surface area is 204 Å². The molecule has 0 N–H and O–H groups in total. The predicted octanol–water partition coefficient (Wildman–Crippen LogP) is 5.65. The lowest BCUT2D eigenvalue weighted by molar-refractivity contribution is -0.139. The smallest absolute Gasteiger partial charge is 0.330 e. The molecule has 0 unspecified atom stereocenters. The zero-order chi connectivity index (χ0) is 24.7. The Morgan fingerprint density at radius 3 is 1.47 bits per heavy atom. The normalized spacial score (nSPS) is 9.88. The quantitative estimate of drug-likeness (QED) is 0.194. The molecular formula is C28H37O6-. The highest BCUT2D eigenvalue weighted by molar-refractivity contribution is 5.81. The van der Waals surface area contributed by atoms with E-state index in [1.165, 1.54) is 11.1 Å². The molecule has 0 fully saturated rings. The lowest BCUT2D eigenvalue weighted by Gasteiger charge is -2.19. The van der Waals surface area contributed by atoms with Crippen molar-refractivity contribution in [3.05, 3.63) is 92.4 Å². The first kappa shape index (κ1) is 30.5. The SMILES string of the molecule is C=CC(=O)OCCOc1ccc(C(C)(C)C)cc1.C=CC(=O)OCCOc1ccc(C)cc1.[CH3-]. The first-order chi connectivity index (χ1) is 15.7. The van der Waals surface area contributed by atoms with E-state index in [4.69, 9.17) is 18.9 Å². The van der Waals surface area contributed by atoms with E-state index in [1.807, 2.05) is 55.5 Å². The van der Waals surface area contributed by atoms with E-state index in [0.717, 1.165) is 23.7 Å². The van der Waals surface area contributed by atoms with Crippen molar-refractivity contribution in [2.24, 2.45) is 0 Å². The van der Waals surface area contributed by atoms with Crippen LogP contribution >= 0.6 is 0 Å². The van der Waals surface area contributed by atoms with Crippen LogP contribution in [0.4, 0.5) is 0 Å². The second-order valence-corrected chi connectivity index (χ2v) is 8.03. The van der Waals surface area contributed by atoms with Gasteiger partial charge < -0.3 is 26.4 Å². The van der Waals surface area contributed by atoms with Crippen LogP contribution in [0.3, 0.4) is 0 Å². The molecule has 0 atom stereocenters. The molecule has 0 spiro atoms. The highest BCUT2D eigenvalue weighted by Crippen LogP contribution is 2.24. The second kappa shape index (κ2) is 16.1. The Balaban J connectivity index is 0.000000632. The minimum atomic E-state index is -0.429. The molecule has 0 radical (unpaired) electrons. The molecule has 0 amide bonds. The lowest BCUT2D eigenvalue weighted by atomic mass is 9.87. The van der Waals surface area contributed by atoms with E-state index in [1.54, 1.807) is 0 Å². The number of carbonyl (C=O) groups is 2. The van der Waals surface area contributed by atoms with Gasteiger partial charge in [-0.2, -0.15) is 0 Å². The molecule has 0 aliphatic carbocycles. The monoisotopic (exact) mass is 469 g/mol. The summed E-state index contributed by atoms with van der Waals surface area (Å²) in [7, 11) is 0. The van der Waals surface area contributed by atoms with E-state index in [-0.39, 0.29) is 26.1 Å². The summed E-state index contributed by atoms with van der Waals surface area (Å²) in [6, 6.07) is 15.6. The molecule has 0 aliphatic heterocycles. The molecule has 2 rings (SSSR count). The molecule has 0 heterocycles. The summed E-state index contributed by atoms with van der Waals surface area (Å²) in [5.74, 6) is 0.692. The fraction of sp³-hybridized carbons (Fsp3) is 0.321. The summed E-state index contributed by atoms with van der Waals surface area (Å²) in [5.41, 5.74) is 2.58. The van der Waals surface area contributed by atoms with E-state index < -0.39 is 11.9 Å². The molecule has 0 aliphatic rings. The van der Waals surface area contributed by atoms with E-state index >= 15 is 0 Å². The Morgan fingerprint density at radius 1 is 0.735 bits per heavy atom. The molecule has 0 aromatic heterocycles. The number of ether oxygens (including phenoxy) is 4. The number of hydrogen-bond acceptors (Lipinski definition) is 6. The minimum Gasteiger partial charge on any atom is -0.490 e. The zero-order valence-corrected chi connectivity index (χ0v) is 21.0. The number of hydrogen-bond donors (Lipinski definition) is 0. The highest BCUT2D eigenvalue weighted by atomic mass is 16.6. The fourth-order valence-corrected chi connectivity index (χ4v) is 2.41. The highest BCUT2D eigenvalue weighted by Gasteiger charge is 2.12. The molecule has 186 valence electrons. The molecule has 0 saturated heterocycles. The van der Waals surface area contributed by atoms with Gasteiger partial charge >= 0.3 is 11.9 Å². The van der Waals surface area contributed by atoms with Crippen LogP contribution in [0.25, 0.3) is 0 Å². The molecule has 6 heteroatoms. The summed E-state index contributed by atoms with van der Waals surface area (Å²) in [6.07, 6.45) is 2.27. The number of rotatable bonds is 10. The van der Waals surface area contributed by atoms with Gasteiger partial charge in [0.1, 0.15) is 37.9 Å². The van der Waals surface area contributed by atoms with Gasteiger partial charge in [-0.05, 0) is 42.2 Å².